The van der Waals surface area contributed by atoms with E-state index in [1.165, 1.54) is 9.71 Å². The highest BCUT2D eigenvalue weighted by Crippen LogP contribution is 2.22. The van der Waals surface area contributed by atoms with Crippen LogP contribution in [0.3, 0.4) is 0 Å². The van der Waals surface area contributed by atoms with Crippen molar-refractivity contribution in [3.63, 3.8) is 0 Å². The molecule has 1 aliphatic heterocycles. The van der Waals surface area contributed by atoms with E-state index < -0.39 is 10.0 Å². The molecule has 0 amide bonds. The second-order valence-corrected chi connectivity index (χ2v) is 8.58. The summed E-state index contributed by atoms with van der Waals surface area (Å²) in [6.45, 7) is 1.07. The Morgan fingerprint density at radius 2 is 1.59 bits per heavy atom. The second kappa shape index (κ2) is 10.2. The van der Waals surface area contributed by atoms with Gasteiger partial charge in [0.25, 0.3) is 0 Å². The van der Waals surface area contributed by atoms with Crippen LogP contribution in [0.15, 0.2) is 66.1 Å². The van der Waals surface area contributed by atoms with Gasteiger partial charge in [-0.05, 0) is 36.6 Å². The highest BCUT2D eigenvalue weighted by molar-refractivity contribution is 7.92. The quantitative estimate of drug-likeness (QED) is 0.489. The van der Waals surface area contributed by atoms with E-state index in [9.17, 15) is 13.2 Å². The third kappa shape index (κ3) is 6.44. The molecule has 7 heteroatoms. The first-order valence-electron chi connectivity index (χ1n) is 9.62. The average Bonchev–Trinajstić information content (AvgIpc) is 2.77. The third-order valence-electron chi connectivity index (χ3n) is 4.72. The van der Waals surface area contributed by atoms with Gasteiger partial charge in [0.2, 0.25) is 10.0 Å². The van der Waals surface area contributed by atoms with E-state index in [1.807, 2.05) is 60.7 Å². The zero-order chi connectivity index (χ0) is 20.5. The van der Waals surface area contributed by atoms with Crippen LogP contribution in [0.2, 0.25) is 0 Å². The lowest BCUT2D eigenvalue weighted by Gasteiger charge is -2.29. The fourth-order valence-corrected chi connectivity index (χ4v) is 4.32. The number of para-hydroxylation sites is 1. The summed E-state index contributed by atoms with van der Waals surface area (Å²) in [5.41, 5.74) is 0.826. The molecule has 2 aromatic rings. The lowest BCUT2D eigenvalue weighted by atomic mass is 9.98. The second-order valence-electron chi connectivity index (χ2n) is 6.76. The Morgan fingerprint density at radius 3 is 2.24 bits per heavy atom. The zero-order valence-electron chi connectivity index (χ0n) is 16.1. The van der Waals surface area contributed by atoms with Gasteiger partial charge in [-0.15, -0.1) is 0 Å². The summed E-state index contributed by atoms with van der Waals surface area (Å²) in [4.78, 5) is 12.2. The van der Waals surface area contributed by atoms with Crippen molar-refractivity contribution in [2.45, 2.75) is 12.8 Å². The maximum absolute atomic E-state index is 12.5. The third-order valence-corrected chi connectivity index (χ3v) is 6.28. The molecule has 6 nitrogen and oxygen atoms in total. The molecule has 1 aliphatic rings. The molecular weight excluding hydrogens is 390 g/mol. The number of carbonyl (C=O) groups is 1. The van der Waals surface area contributed by atoms with Gasteiger partial charge in [-0.25, -0.2) is 8.42 Å². The molecule has 0 radical (unpaired) electrons. The maximum atomic E-state index is 12.5. The fraction of sp³-hybridized carbons (Fsp3) is 0.318. The number of carbonyl (C=O) groups excluding carboxylic acids is 1. The van der Waals surface area contributed by atoms with Crippen LogP contribution in [-0.2, 0) is 19.6 Å². The number of hydrogen-bond acceptors (Lipinski definition) is 5. The summed E-state index contributed by atoms with van der Waals surface area (Å²) in [5, 5.41) is 1.22. The van der Waals surface area contributed by atoms with Crippen molar-refractivity contribution in [3.8, 4) is 5.75 Å². The number of nitrogens with zero attached hydrogens (tertiary/aromatic N) is 1. The van der Waals surface area contributed by atoms with E-state index in [2.05, 4.69) is 0 Å². The summed E-state index contributed by atoms with van der Waals surface area (Å²) in [7, 11) is -3.50. The van der Waals surface area contributed by atoms with Crippen LogP contribution < -0.4 is 4.74 Å². The summed E-state index contributed by atoms with van der Waals surface area (Å²) < 4.78 is 37.2. The normalized spacial score (nSPS) is 16.0. The zero-order valence-corrected chi connectivity index (χ0v) is 17.0. The lowest BCUT2D eigenvalue weighted by Crippen LogP contribution is -2.39. The van der Waals surface area contributed by atoms with Crippen molar-refractivity contribution in [2.24, 2.45) is 5.92 Å². The van der Waals surface area contributed by atoms with E-state index in [-0.39, 0.29) is 25.1 Å². The Bertz CT molecular complexity index is 905. The molecule has 1 heterocycles. The van der Waals surface area contributed by atoms with E-state index in [1.54, 1.807) is 6.08 Å². The number of hydrogen-bond donors (Lipinski definition) is 0. The Morgan fingerprint density at radius 1 is 0.966 bits per heavy atom. The predicted octanol–water partition coefficient (Wildman–Crippen LogP) is 3.32. The minimum Gasteiger partial charge on any atom is -0.490 e. The Balaban J connectivity index is 1.41. The fourth-order valence-electron chi connectivity index (χ4n) is 3.10. The van der Waals surface area contributed by atoms with Crippen molar-refractivity contribution in [1.82, 2.24) is 4.31 Å². The largest absolute Gasteiger partial charge is 0.490 e. The Hall–Kier alpha value is -2.64. The number of benzene rings is 2. The monoisotopic (exact) mass is 415 g/mol. The molecule has 1 fully saturated rings. The van der Waals surface area contributed by atoms with E-state index in [0.717, 1.165) is 11.3 Å². The molecule has 0 aliphatic carbocycles. The van der Waals surface area contributed by atoms with E-state index >= 15 is 0 Å². The van der Waals surface area contributed by atoms with Crippen LogP contribution in [0.4, 0.5) is 0 Å². The van der Waals surface area contributed by atoms with Gasteiger partial charge in [-0.2, -0.15) is 4.31 Å². The molecule has 154 valence electrons. The van der Waals surface area contributed by atoms with E-state index in [4.69, 9.17) is 9.47 Å². The topological polar surface area (TPSA) is 72.9 Å². The molecule has 2 aromatic carbocycles. The lowest BCUT2D eigenvalue weighted by molar-refractivity contribution is -0.150. The minimum atomic E-state index is -3.50. The van der Waals surface area contributed by atoms with Crippen molar-refractivity contribution < 1.29 is 22.7 Å². The number of rotatable bonds is 8. The van der Waals surface area contributed by atoms with Crippen LogP contribution in [0.25, 0.3) is 6.08 Å². The smallest absolute Gasteiger partial charge is 0.309 e. The number of sulfonamides is 1. The van der Waals surface area contributed by atoms with E-state index in [0.29, 0.717) is 25.9 Å². The molecule has 29 heavy (non-hydrogen) atoms. The molecule has 0 N–H and O–H groups in total. The Kier molecular flexibility index (Phi) is 7.43. The summed E-state index contributed by atoms with van der Waals surface area (Å²) >= 11 is 0. The molecule has 0 bridgehead atoms. The van der Waals surface area contributed by atoms with Crippen molar-refractivity contribution in [2.75, 3.05) is 26.3 Å². The molecule has 1 saturated heterocycles. The SMILES string of the molecule is O=C(OCCOc1ccccc1)C1CCN(S(=O)(=O)/C=C/c2ccccc2)CC1. The van der Waals surface area contributed by atoms with Gasteiger partial charge in [0.15, 0.2) is 0 Å². The molecule has 0 aromatic heterocycles. The van der Waals surface area contributed by atoms with Gasteiger partial charge in [-0.3, -0.25) is 4.79 Å². The first-order valence-corrected chi connectivity index (χ1v) is 11.1. The van der Waals surface area contributed by atoms with Gasteiger partial charge in [-0.1, -0.05) is 48.5 Å². The predicted molar refractivity (Wildman–Crippen MR) is 112 cm³/mol. The number of ether oxygens (including phenoxy) is 2. The van der Waals surface area contributed by atoms with Gasteiger partial charge in [0.05, 0.1) is 5.92 Å². The number of esters is 1. The molecule has 0 unspecified atom stereocenters. The van der Waals surface area contributed by atoms with Gasteiger partial charge >= 0.3 is 5.97 Å². The van der Waals surface area contributed by atoms with Crippen LogP contribution in [0, 0.1) is 5.92 Å². The molecule has 0 saturated carbocycles. The number of piperidine rings is 1. The summed E-state index contributed by atoms with van der Waals surface area (Å²) in [6.07, 6.45) is 2.50. The standard InChI is InChI=1S/C22H25NO5S/c24-22(28-17-16-27-21-9-5-2-6-10-21)20-11-14-23(15-12-20)29(25,26)18-13-19-7-3-1-4-8-19/h1-10,13,18,20H,11-12,14-17H2/b18-13+. The van der Waals surface area contributed by atoms with Crippen molar-refractivity contribution >= 4 is 22.1 Å². The Labute approximate surface area is 171 Å². The van der Waals surface area contributed by atoms with Gasteiger partial charge < -0.3 is 9.47 Å². The van der Waals surface area contributed by atoms with Crippen LogP contribution >= 0.6 is 0 Å². The average molecular weight is 416 g/mol. The van der Waals surface area contributed by atoms with Crippen molar-refractivity contribution in [3.05, 3.63) is 71.6 Å². The summed E-state index contributed by atoms with van der Waals surface area (Å²) in [6, 6.07) is 18.6. The minimum absolute atomic E-state index is 0.173. The first kappa shape index (κ1) is 21.1. The summed E-state index contributed by atoms with van der Waals surface area (Å²) in [5.74, 6) is 0.153. The van der Waals surface area contributed by atoms with Crippen LogP contribution in [-0.4, -0.2) is 45.0 Å². The maximum Gasteiger partial charge on any atom is 0.309 e. The van der Waals surface area contributed by atoms with Gasteiger partial charge in [0.1, 0.15) is 19.0 Å². The first-order chi connectivity index (χ1) is 14.0. The molecule has 3 rings (SSSR count). The molecular formula is C22H25NO5S. The van der Waals surface area contributed by atoms with Gasteiger partial charge in [0, 0.05) is 18.5 Å². The van der Waals surface area contributed by atoms with Crippen LogP contribution in [0.1, 0.15) is 18.4 Å². The highest BCUT2D eigenvalue weighted by atomic mass is 32.2. The highest BCUT2D eigenvalue weighted by Gasteiger charge is 2.30. The molecule has 0 atom stereocenters. The van der Waals surface area contributed by atoms with Crippen LogP contribution in [0.5, 0.6) is 5.75 Å². The van der Waals surface area contributed by atoms with Crippen molar-refractivity contribution in [1.29, 1.82) is 0 Å². The molecule has 0 spiro atoms.